The smallest absolute Gasteiger partial charge is 0.236 e. The minimum Gasteiger partial charge on any atom is -0.390 e. The fraction of sp³-hybridized carbons (Fsp3) is 0.944. The summed E-state index contributed by atoms with van der Waals surface area (Å²) in [6.45, 7) is 5.80. The van der Waals surface area contributed by atoms with Crippen molar-refractivity contribution in [3.8, 4) is 0 Å². The van der Waals surface area contributed by atoms with E-state index in [-0.39, 0.29) is 5.91 Å². The number of aliphatic hydroxyl groups is 1. The SMILES string of the molecule is CN1CCN(CC(O)CN(C)CC(=O)N(C)C2CCCCC2)CC1. The van der Waals surface area contributed by atoms with E-state index in [1.54, 1.807) is 0 Å². The molecule has 6 heteroatoms. The zero-order valence-corrected chi connectivity index (χ0v) is 15.8. The van der Waals surface area contributed by atoms with Gasteiger partial charge in [0.1, 0.15) is 0 Å². The average Bonchev–Trinajstić information content (AvgIpc) is 2.56. The number of carbonyl (C=O) groups excluding carboxylic acids is 1. The van der Waals surface area contributed by atoms with Crippen LogP contribution in [0.5, 0.6) is 0 Å². The highest BCUT2D eigenvalue weighted by Crippen LogP contribution is 2.21. The molecule has 2 fully saturated rings. The largest absolute Gasteiger partial charge is 0.390 e. The molecule has 140 valence electrons. The quantitative estimate of drug-likeness (QED) is 0.723. The van der Waals surface area contributed by atoms with Gasteiger partial charge in [0.25, 0.3) is 0 Å². The minimum atomic E-state index is -0.397. The van der Waals surface area contributed by atoms with Crippen LogP contribution in [0, 0.1) is 0 Å². The average molecular weight is 341 g/mol. The monoisotopic (exact) mass is 340 g/mol. The molecule has 1 aliphatic carbocycles. The number of rotatable bonds is 7. The van der Waals surface area contributed by atoms with Gasteiger partial charge in [-0.25, -0.2) is 0 Å². The molecule has 1 amide bonds. The molecule has 2 rings (SSSR count). The van der Waals surface area contributed by atoms with Crippen LogP contribution in [0.1, 0.15) is 32.1 Å². The summed E-state index contributed by atoms with van der Waals surface area (Å²) in [6, 6.07) is 0.412. The summed E-state index contributed by atoms with van der Waals surface area (Å²) in [7, 11) is 6.00. The Morgan fingerprint density at radius 2 is 1.75 bits per heavy atom. The number of likely N-dealkylation sites (N-methyl/N-ethyl adjacent to an activating group) is 3. The van der Waals surface area contributed by atoms with Crippen LogP contribution in [0.15, 0.2) is 0 Å². The van der Waals surface area contributed by atoms with E-state index < -0.39 is 6.10 Å². The maximum absolute atomic E-state index is 12.4. The maximum atomic E-state index is 12.4. The number of piperazine rings is 1. The van der Waals surface area contributed by atoms with Crippen molar-refractivity contribution in [2.24, 2.45) is 0 Å². The molecule has 6 nitrogen and oxygen atoms in total. The van der Waals surface area contributed by atoms with Crippen LogP contribution < -0.4 is 0 Å². The number of β-amino-alcohol motifs (C(OH)–C–C–N with tert-alkyl or cyclic N) is 1. The van der Waals surface area contributed by atoms with Crippen molar-refractivity contribution in [3.63, 3.8) is 0 Å². The molecule has 0 aromatic carbocycles. The minimum absolute atomic E-state index is 0.177. The van der Waals surface area contributed by atoms with Crippen molar-refractivity contribution in [1.29, 1.82) is 0 Å². The molecule has 0 bridgehead atoms. The number of amides is 1. The van der Waals surface area contributed by atoms with Crippen LogP contribution in [0.2, 0.25) is 0 Å². The van der Waals surface area contributed by atoms with E-state index in [9.17, 15) is 9.90 Å². The van der Waals surface area contributed by atoms with Gasteiger partial charge < -0.3 is 14.9 Å². The van der Waals surface area contributed by atoms with Gasteiger partial charge in [0.15, 0.2) is 0 Å². The molecule has 1 unspecified atom stereocenters. The van der Waals surface area contributed by atoms with Crippen LogP contribution >= 0.6 is 0 Å². The number of nitrogens with zero attached hydrogens (tertiary/aromatic N) is 4. The zero-order valence-electron chi connectivity index (χ0n) is 15.8. The first-order chi connectivity index (χ1) is 11.5. The molecule has 1 saturated carbocycles. The second-order valence-electron chi connectivity index (χ2n) is 7.75. The lowest BCUT2D eigenvalue weighted by molar-refractivity contribution is -0.133. The molecular formula is C18H36N4O2. The Balaban J connectivity index is 1.67. The number of hydrogen-bond acceptors (Lipinski definition) is 5. The highest BCUT2D eigenvalue weighted by molar-refractivity contribution is 5.78. The van der Waals surface area contributed by atoms with Crippen molar-refractivity contribution in [2.45, 2.75) is 44.2 Å². The van der Waals surface area contributed by atoms with Gasteiger partial charge >= 0.3 is 0 Å². The highest BCUT2D eigenvalue weighted by Gasteiger charge is 2.24. The number of carbonyl (C=O) groups is 1. The van der Waals surface area contributed by atoms with E-state index in [1.807, 2.05) is 23.9 Å². The van der Waals surface area contributed by atoms with E-state index >= 15 is 0 Å². The van der Waals surface area contributed by atoms with Crippen LogP contribution in [0.3, 0.4) is 0 Å². The van der Waals surface area contributed by atoms with E-state index in [2.05, 4.69) is 16.8 Å². The first-order valence-electron chi connectivity index (χ1n) is 9.49. The van der Waals surface area contributed by atoms with Crippen LogP contribution in [-0.4, -0.2) is 110 Å². The van der Waals surface area contributed by atoms with Crippen LogP contribution in [0.4, 0.5) is 0 Å². The van der Waals surface area contributed by atoms with Gasteiger partial charge in [-0.05, 0) is 26.9 Å². The van der Waals surface area contributed by atoms with Gasteiger partial charge in [-0.2, -0.15) is 0 Å². The topological polar surface area (TPSA) is 50.3 Å². The third-order valence-corrected chi connectivity index (χ3v) is 5.51. The molecular weight excluding hydrogens is 304 g/mol. The molecule has 1 N–H and O–H groups in total. The summed E-state index contributed by atoms with van der Waals surface area (Å²) >= 11 is 0. The Hall–Kier alpha value is -0.690. The molecule has 0 spiro atoms. The van der Waals surface area contributed by atoms with E-state index in [0.717, 1.165) is 39.0 Å². The lowest BCUT2D eigenvalue weighted by atomic mass is 9.94. The lowest BCUT2D eigenvalue weighted by Crippen LogP contribution is -2.49. The first kappa shape index (κ1) is 19.6. The molecule has 0 radical (unpaired) electrons. The van der Waals surface area contributed by atoms with Crippen molar-refractivity contribution in [3.05, 3.63) is 0 Å². The Morgan fingerprint density at radius 3 is 2.38 bits per heavy atom. The van der Waals surface area contributed by atoms with Gasteiger partial charge in [0.05, 0.1) is 12.6 Å². The van der Waals surface area contributed by atoms with Crippen molar-refractivity contribution in [1.82, 2.24) is 19.6 Å². The molecule has 0 aromatic heterocycles. The molecule has 2 aliphatic rings. The Bertz CT molecular complexity index is 379. The molecule has 24 heavy (non-hydrogen) atoms. The summed E-state index contributed by atoms with van der Waals surface area (Å²) in [5.41, 5.74) is 0. The highest BCUT2D eigenvalue weighted by atomic mass is 16.3. The second kappa shape index (κ2) is 9.70. The van der Waals surface area contributed by atoms with Gasteiger partial charge in [-0.3, -0.25) is 14.6 Å². The fourth-order valence-electron chi connectivity index (χ4n) is 3.82. The van der Waals surface area contributed by atoms with Gasteiger partial charge in [0.2, 0.25) is 5.91 Å². The third-order valence-electron chi connectivity index (χ3n) is 5.51. The predicted octanol–water partition coefficient (Wildman–Crippen LogP) is 0.318. The second-order valence-corrected chi connectivity index (χ2v) is 7.75. The Labute approximate surface area is 147 Å². The molecule has 1 saturated heterocycles. The summed E-state index contributed by atoms with van der Waals surface area (Å²) in [5, 5.41) is 10.3. The molecule has 0 aromatic rings. The first-order valence-corrected chi connectivity index (χ1v) is 9.49. The van der Waals surface area contributed by atoms with Gasteiger partial charge in [0, 0.05) is 52.4 Å². The summed E-state index contributed by atoms with van der Waals surface area (Å²) in [6.07, 6.45) is 5.66. The molecule has 1 aliphatic heterocycles. The normalized spacial score (nSPS) is 22.7. The molecule has 1 atom stereocenters. The zero-order chi connectivity index (χ0) is 17.5. The van der Waals surface area contributed by atoms with Gasteiger partial charge in [-0.15, -0.1) is 0 Å². The van der Waals surface area contributed by atoms with E-state index in [0.29, 0.717) is 25.7 Å². The Kier molecular flexibility index (Phi) is 7.94. The number of aliphatic hydroxyl groups excluding tert-OH is 1. The fourth-order valence-corrected chi connectivity index (χ4v) is 3.82. The van der Waals surface area contributed by atoms with E-state index in [1.165, 1.54) is 19.3 Å². The van der Waals surface area contributed by atoms with Crippen molar-refractivity contribution < 1.29 is 9.90 Å². The standard InChI is InChI=1S/C18H36N4O2/c1-19-9-11-22(12-10-19)14-17(23)13-20(2)15-18(24)21(3)16-7-5-4-6-8-16/h16-17,23H,4-15H2,1-3H3. The lowest BCUT2D eigenvalue weighted by Gasteiger charge is -2.35. The molecule has 1 heterocycles. The Morgan fingerprint density at radius 1 is 1.12 bits per heavy atom. The summed E-state index contributed by atoms with van der Waals surface area (Å²) < 4.78 is 0. The summed E-state index contributed by atoms with van der Waals surface area (Å²) in [5.74, 6) is 0.177. The van der Waals surface area contributed by atoms with Crippen molar-refractivity contribution in [2.75, 3.05) is 67.0 Å². The third kappa shape index (κ3) is 6.31. The number of hydrogen-bond donors (Lipinski definition) is 1. The van der Waals surface area contributed by atoms with E-state index in [4.69, 9.17) is 0 Å². The van der Waals surface area contributed by atoms with Crippen molar-refractivity contribution >= 4 is 5.91 Å². The maximum Gasteiger partial charge on any atom is 0.236 e. The predicted molar refractivity (Wildman–Crippen MR) is 97.1 cm³/mol. The summed E-state index contributed by atoms with van der Waals surface area (Å²) in [4.78, 5) is 21.0. The van der Waals surface area contributed by atoms with Gasteiger partial charge in [-0.1, -0.05) is 19.3 Å². The van der Waals surface area contributed by atoms with Crippen LogP contribution in [0.25, 0.3) is 0 Å². The van der Waals surface area contributed by atoms with Crippen LogP contribution in [-0.2, 0) is 4.79 Å².